The first-order valence-corrected chi connectivity index (χ1v) is 8.85. The van der Waals surface area contributed by atoms with Crippen LogP contribution in [-0.2, 0) is 19.4 Å². The van der Waals surface area contributed by atoms with Gasteiger partial charge in [0.15, 0.2) is 0 Å². The van der Waals surface area contributed by atoms with Gasteiger partial charge in [-0.25, -0.2) is 8.42 Å². The average molecular weight is 291 g/mol. The van der Waals surface area contributed by atoms with Crippen molar-refractivity contribution < 1.29 is 17.9 Å². The molecule has 0 radical (unpaired) electrons. The first-order valence-electron chi connectivity index (χ1n) is 7.03. The van der Waals surface area contributed by atoms with Crippen LogP contribution in [0.3, 0.4) is 0 Å². The molecule has 1 heterocycles. The van der Waals surface area contributed by atoms with Crippen molar-refractivity contribution in [3.8, 4) is 0 Å². The second kappa shape index (κ2) is 7.85. The summed E-state index contributed by atoms with van der Waals surface area (Å²) in [5, 5.41) is 3.28. The van der Waals surface area contributed by atoms with Crippen molar-refractivity contribution in [2.75, 3.05) is 18.6 Å². The lowest BCUT2D eigenvalue weighted by Gasteiger charge is -2.22. The molecule has 1 saturated heterocycles. The van der Waals surface area contributed by atoms with Gasteiger partial charge in [-0.2, -0.15) is 0 Å². The monoisotopic (exact) mass is 291 g/mol. The van der Waals surface area contributed by atoms with Crippen LogP contribution < -0.4 is 5.32 Å². The highest BCUT2D eigenvalue weighted by Crippen LogP contribution is 2.15. The number of methoxy groups -OCH3 is 1. The summed E-state index contributed by atoms with van der Waals surface area (Å²) in [4.78, 5) is 11.7. The van der Waals surface area contributed by atoms with Gasteiger partial charge in [-0.05, 0) is 25.7 Å². The van der Waals surface area contributed by atoms with Gasteiger partial charge in [0.25, 0.3) is 0 Å². The molecule has 0 aromatic rings. The second-order valence-electron chi connectivity index (χ2n) is 5.16. The van der Waals surface area contributed by atoms with Crippen LogP contribution in [0.1, 0.15) is 45.4 Å². The Balaban J connectivity index is 2.55. The third kappa shape index (κ3) is 5.91. The van der Waals surface area contributed by atoms with Crippen LogP contribution in [0.4, 0.5) is 0 Å². The van der Waals surface area contributed by atoms with Crippen LogP contribution in [0.2, 0.25) is 0 Å². The van der Waals surface area contributed by atoms with Gasteiger partial charge in [0.2, 0.25) is 0 Å². The standard InChI is InChI=1S/C13H25NO4S/c1-3-4-7-12(13(15)18-2)14-11-6-5-9-19(16,17)10-8-11/h11-12,14H,3-10H2,1-2H3. The Labute approximate surface area is 116 Å². The predicted octanol–water partition coefficient (Wildman–Crippen LogP) is 1.28. The Bertz CT molecular complexity index is 380. The van der Waals surface area contributed by atoms with Gasteiger partial charge in [-0.3, -0.25) is 4.79 Å². The molecule has 0 bridgehead atoms. The fraction of sp³-hybridized carbons (Fsp3) is 0.923. The molecule has 1 fully saturated rings. The topological polar surface area (TPSA) is 72.5 Å². The van der Waals surface area contributed by atoms with Gasteiger partial charge in [0, 0.05) is 6.04 Å². The van der Waals surface area contributed by atoms with Gasteiger partial charge in [-0.15, -0.1) is 0 Å². The Kier molecular flexibility index (Phi) is 6.79. The Morgan fingerprint density at radius 2 is 2.11 bits per heavy atom. The zero-order valence-corrected chi connectivity index (χ0v) is 12.7. The lowest BCUT2D eigenvalue weighted by molar-refractivity contribution is -0.143. The third-order valence-corrected chi connectivity index (χ3v) is 5.32. The molecule has 1 N–H and O–H groups in total. The molecule has 6 heteroatoms. The Morgan fingerprint density at radius 3 is 2.74 bits per heavy atom. The summed E-state index contributed by atoms with van der Waals surface area (Å²) in [5.41, 5.74) is 0. The Hall–Kier alpha value is -0.620. The van der Waals surface area contributed by atoms with Gasteiger partial charge < -0.3 is 10.1 Å². The maximum Gasteiger partial charge on any atom is 0.322 e. The zero-order valence-electron chi connectivity index (χ0n) is 11.9. The molecular weight excluding hydrogens is 266 g/mol. The molecule has 0 aliphatic carbocycles. The largest absolute Gasteiger partial charge is 0.468 e. The van der Waals surface area contributed by atoms with E-state index in [0.29, 0.717) is 12.8 Å². The number of esters is 1. The average Bonchev–Trinajstić information content (AvgIpc) is 2.55. The van der Waals surface area contributed by atoms with Gasteiger partial charge in [0.1, 0.15) is 15.9 Å². The number of rotatable bonds is 6. The summed E-state index contributed by atoms with van der Waals surface area (Å²) in [6.07, 6.45) is 4.78. The highest BCUT2D eigenvalue weighted by molar-refractivity contribution is 7.91. The molecule has 112 valence electrons. The van der Waals surface area contributed by atoms with E-state index >= 15 is 0 Å². The van der Waals surface area contributed by atoms with Crippen LogP contribution in [-0.4, -0.2) is 45.1 Å². The normalized spacial score (nSPS) is 24.4. The van der Waals surface area contributed by atoms with Crippen molar-refractivity contribution in [1.29, 1.82) is 0 Å². The molecule has 1 rings (SSSR count). The molecule has 1 aliphatic heterocycles. The summed E-state index contributed by atoms with van der Waals surface area (Å²) in [5.74, 6) is 0.232. The summed E-state index contributed by atoms with van der Waals surface area (Å²) < 4.78 is 27.9. The summed E-state index contributed by atoms with van der Waals surface area (Å²) in [6.45, 7) is 2.08. The second-order valence-corrected chi connectivity index (χ2v) is 7.47. The van der Waals surface area contributed by atoms with Gasteiger partial charge in [0.05, 0.1) is 18.6 Å². The van der Waals surface area contributed by atoms with E-state index in [0.717, 1.165) is 25.7 Å². The summed E-state index contributed by atoms with van der Waals surface area (Å²) in [7, 11) is -1.50. The van der Waals surface area contributed by atoms with E-state index in [1.54, 1.807) is 0 Å². The molecule has 1 aliphatic rings. The lowest BCUT2D eigenvalue weighted by atomic mass is 10.0. The molecule has 5 nitrogen and oxygen atoms in total. The van der Waals surface area contributed by atoms with E-state index in [1.807, 2.05) is 0 Å². The van der Waals surface area contributed by atoms with Crippen molar-refractivity contribution in [2.45, 2.75) is 57.5 Å². The van der Waals surface area contributed by atoms with Gasteiger partial charge >= 0.3 is 5.97 Å². The molecule has 19 heavy (non-hydrogen) atoms. The quantitative estimate of drug-likeness (QED) is 0.746. The van der Waals surface area contributed by atoms with Crippen LogP contribution in [0, 0.1) is 0 Å². The number of carbonyl (C=O) groups is 1. The first-order chi connectivity index (χ1) is 8.98. The van der Waals surface area contributed by atoms with Crippen LogP contribution in [0.15, 0.2) is 0 Å². The van der Waals surface area contributed by atoms with E-state index in [4.69, 9.17) is 4.74 Å². The van der Waals surface area contributed by atoms with Crippen LogP contribution >= 0.6 is 0 Å². The van der Waals surface area contributed by atoms with E-state index in [1.165, 1.54) is 7.11 Å². The molecule has 2 atom stereocenters. The molecule has 0 saturated carbocycles. The number of unbranched alkanes of at least 4 members (excludes halogenated alkanes) is 1. The van der Waals surface area contributed by atoms with Crippen molar-refractivity contribution in [3.63, 3.8) is 0 Å². The molecule has 2 unspecified atom stereocenters. The number of ether oxygens (including phenoxy) is 1. The van der Waals surface area contributed by atoms with E-state index in [2.05, 4.69) is 12.2 Å². The van der Waals surface area contributed by atoms with E-state index in [-0.39, 0.29) is 29.6 Å². The minimum atomic E-state index is -2.89. The molecule has 0 aromatic heterocycles. The molecule has 0 spiro atoms. The number of nitrogens with one attached hydrogen (secondary N) is 1. The smallest absolute Gasteiger partial charge is 0.322 e. The Morgan fingerprint density at radius 1 is 1.37 bits per heavy atom. The van der Waals surface area contributed by atoms with Crippen molar-refractivity contribution >= 4 is 15.8 Å². The lowest BCUT2D eigenvalue weighted by Crippen LogP contribution is -2.44. The van der Waals surface area contributed by atoms with E-state index < -0.39 is 9.84 Å². The predicted molar refractivity (Wildman–Crippen MR) is 74.8 cm³/mol. The SMILES string of the molecule is CCCCC(NC1CCCS(=O)(=O)CC1)C(=O)OC. The number of sulfone groups is 1. The number of hydrogen-bond donors (Lipinski definition) is 1. The summed E-state index contributed by atoms with van der Waals surface area (Å²) in [6, 6.07) is -0.214. The van der Waals surface area contributed by atoms with Gasteiger partial charge in [-0.1, -0.05) is 19.8 Å². The van der Waals surface area contributed by atoms with Crippen molar-refractivity contribution in [1.82, 2.24) is 5.32 Å². The van der Waals surface area contributed by atoms with Crippen molar-refractivity contribution in [2.24, 2.45) is 0 Å². The molecular formula is C13H25NO4S. The fourth-order valence-corrected chi connectivity index (χ4v) is 3.84. The zero-order chi connectivity index (χ0) is 14.3. The van der Waals surface area contributed by atoms with Crippen molar-refractivity contribution in [3.05, 3.63) is 0 Å². The maximum absolute atomic E-state index is 11.7. The highest BCUT2D eigenvalue weighted by atomic mass is 32.2. The number of carbonyl (C=O) groups excluding carboxylic acids is 1. The fourth-order valence-electron chi connectivity index (χ4n) is 2.39. The number of hydrogen-bond acceptors (Lipinski definition) is 5. The third-order valence-electron chi connectivity index (χ3n) is 3.55. The minimum absolute atomic E-state index is 0.0956. The minimum Gasteiger partial charge on any atom is -0.468 e. The first kappa shape index (κ1) is 16.4. The van der Waals surface area contributed by atoms with Crippen LogP contribution in [0.25, 0.3) is 0 Å². The van der Waals surface area contributed by atoms with Crippen LogP contribution in [0.5, 0.6) is 0 Å². The molecule has 0 aromatic carbocycles. The summed E-state index contributed by atoms with van der Waals surface area (Å²) >= 11 is 0. The maximum atomic E-state index is 11.7. The molecule has 0 amide bonds. The highest BCUT2D eigenvalue weighted by Gasteiger charge is 2.26. The van der Waals surface area contributed by atoms with E-state index in [9.17, 15) is 13.2 Å².